The highest BCUT2D eigenvalue weighted by molar-refractivity contribution is 7.07. The molecule has 9 nitrogen and oxygen atoms in total. The van der Waals surface area contributed by atoms with Gasteiger partial charge in [-0.2, -0.15) is 9.36 Å². The maximum Gasteiger partial charge on any atom is 0.412 e. The van der Waals surface area contributed by atoms with Crippen molar-refractivity contribution in [2.75, 3.05) is 5.32 Å². The summed E-state index contributed by atoms with van der Waals surface area (Å²) in [5, 5.41) is 2.71. The van der Waals surface area contributed by atoms with Crippen LogP contribution >= 0.6 is 11.5 Å². The van der Waals surface area contributed by atoms with Crippen molar-refractivity contribution in [1.82, 2.24) is 9.36 Å². The van der Waals surface area contributed by atoms with Gasteiger partial charge in [0.15, 0.2) is 5.76 Å². The van der Waals surface area contributed by atoms with E-state index in [-0.39, 0.29) is 35.9 Å². The number of carbonyl (C=O) groups excluding carboxylic acids is 2. The van der Waals surface area contributed by atoms with Crippen LogP contribution in [0.4, 0.5) is 10.5 Å². The monoisotopic (exact) mass is 475 g/mol. The van der Waals surface area contributed by atoms with Crippen molar-refractivity contribution < 1.29 is 28.2 Å². The number of hydrogen-bond donors (Lipinski definition) is 1. The van der Waals surface area contributed by atoms with Gasteiger partial charge in [-0.05, 0) is 61.2 Å². The molecule has 2 aromatic heterocycles. The van der Waals surface area contributed by atoms with Gasteiger partial charge in [0, 0.05) is 0 Å². The minimum atomic E-state index is -0.605. The van der Waals surface area contributed by atoms with Crippen LogP contribution in [-0.4, -0.2) is 21.2 Å². The molecule has 1 saturated carbocycles. The van der Waals surface area contributed by atoms with E-state index in [2.05, 4.69) is 26.5 Å². The molecule has 0 atom stereocenters. The van der Waals surface area contributed by atoms with Crippen LogP contribution < -0.4 is 14.8 Å². The molecule has 0 unspecified atom stereocenters. The lowest BCUT2D eigenvalue weighted by atomic mass is 9.84. The summed E-state index contributed by atoms with van der Waals surface area (Å²) in [4.78, 5) is 29.2. The maximum absolute atomic E-state index is 12.4. The van der Waals surface area contributed by atoms with Crippen molar-refractivity contribution in [3.8, 4) is 23.7 Å². The number of nitrogens with zero attached hydrogens (tertiary/aromatic N) is 2. The molecule has 3 heterocycles. The van der Waals surface area contributed by atoms with Crippen LogP contribution in [0, 0.1) is 31.1 Å². The molecule has 34 heavy (non-hydrogen) atoms. The summed E-state index contributed by atoms with van der Waals surface area (Å²) >= 11 is 1.13. The number of allylic oxidation sites excluding steroid dienone is 2. The number of ketones is 1. The highest BCUT2D eigenvalue weighted by atomic mass is 32.1. The van der Waals surface area contributed by atoms with Gasteiger partial charge in [-0.15, -0.1) is 0 Å². The fourth-order valence-corrected chi connectivity index (χ4v) is 4.53. The van der Waals surface area contributed by atoms with Gasteiger partial charge in [-0.3, -0.25) is 10.1 Å². The van der Waals surface area contributed by atoms with Gasteiger partial charge in [0.25, 0.3) is 5.89 Å². The van der Waals surface area contributed by atoms with E-state index in [0.29, 0.717) is 22.0 Å². The first-order valence-electron chi connectivity index (χ1n) is 10.6. The van der Waals surface area contributed by atoms with Gasteiger partial charge in [0.1, 0.15) is 11.5 Å². The predicted octanol–water partition coefficient (Wildman–Crippen LogP) is 4.24. The maximum atomic E-state index is 12.4. The Morgan fingerprint density at radius 3 is 2.85 bits per heavy atom. The molecule has 0 saturated heterocycles. The Labute approximate surface area is 197 Å². The van der Waals surface area contributed by atoms with E-state index in [0.717, 1.165) is 35.5 Å². The van der Waals surface area contributed by atoms with Gasteiger partial charge in [0.2, 0.25) is 11.5 Å². The van der Waals surface area contributed by atoms with Crippen LogP contribution in [0.3, 0.4) is 0 Å². The molecular formula is C24H17N3O6S. The number of nitrogens with one attached hydrogen (secondary N) is 1. The molecule has 2 aliphatic carbocycles. The first-order valence-corrected chi connectivity index (χ1v) is 11.3. The fourth-order valence-electron chi connectivity index (χ4n) is 3.82. The Hall–Kier alpha value is -4.10. The van der Waals surface area contributed by atoms with Crippen LogP contribution in [0.1, 0.15) is 40.4 Å². The van der Waals surface area contributed by atoms with E-state index in [1.54, 1.807) is 6.92 Å². The average molecular weight is 475 g/mol. The number of benzene rings is 1. The topological polar surface area (TPSA) is 113 Å². The number of hydrogen-bond acceptors (Lipinski definition) is 9. The van der Waals surface area contributed by atoms with Crippen LogP contribution in [0.2, 0.25) is 0 Å². The normalized spacial score (nSPS) is 16.4. The Kier molecular flexibility index (Phi) is 4.50. The fraction of sp³-hybridized carbons (Fsp3) is 0.250. The number of aromatic nitrogens is 2. The van der Waals surface area contributed by atoms with Crippen molar-refractivity contribution >= 4 is 29.1 Å². The molecule has 1 spiro atoms. The molecule has 1 aliphatic heterocycles. The van der Waals surface area contributed by atoms with Crippen LogP contribution in [-0.2, 0) is 16.1 Å². The summed E-state index contributed by atoms with van der Waals surface area (Å²) in [5.74, 6) is 6.60. The van der Waals surface area contributed by atoms with E-state index in [1.165, 1.54) is 0 Å². The zero-order valence-electron chi connectivity index (χ0n) is 18.2. The quantitative estimate of drug-likeness (QED) is 0.560. The third-order valence-electron chi connectivity index (χ3n) is 5.99. The molecule has 0 radical (unpaired) electrons. The van der Waals surface area contributed by atoms with Crippen molar-refractivity contribution in [3.05, 3.63) is 63.4 Å². The van der Waals surface area contributed by atoms with Crippen LogP contribution in [0.15, 0.2) is 40.2 Å². The van der Waals surface area contributed by atoms with Gasteiger partial charge >= 0.3 is 17.9 Å². The van der Waals surface area contributed by atoms with E-state index in [1.807, 2.05) is 31.2 Å². The van der Waals surface area contributed by atoms with Gasteiger partial charge < -0.3 is 18.6 Å². The molecule has 3 aromatic rings. The largest absolute Gasteiger partial charge is 0.444 e. The molecular weight excluding hydrogens is 458 g/mol. The lowest BCUT2D eigenvalue weighted by Gasteiger charge is -2.31. The van der Waals surface area contributed by atoms with Crippen molar-refractivity contribution in [3.63, 3.8) is 0 Å². The second kappa shape index (κ2) is 7.46. The highest BCUT2D eigenvalue weighted by Gasteiger charge is 2.67. The first-order chi connectivity index (χ1) is 16.4. The molecule has 6 rings (SSSR count). The summed E-state index contributed by atoms with van der Waals surface area (Å²) in [6.07, 6.45) is 0.919. The minimum Gasteiger partial charge on any atom is -0.444 e. The Bertz CT molecular complexity index is 1470. The van der Waals surface area contributed by atoms with Crippen molar-refractivity contribution in [2.24, 2.45) is 5.41 Å². The van der Waals surface area contributed by atoms with Gasteiger partial charge in [0.05, 0.1) is 16.8 Å². The van der Waals surface area contributed by atoms with E-state index in [4.69, 9.17) is 18.6 Å². The lowest BCUT2D eigenvalue weighted by Crippen LogP contribution is -2.40. The number of ether oxygens (including phenoxy) is 3. The second-order valence-corrected chi connectivity index (χ2v) is 9.01. The summed E-state index contributed by atoms with van der Waals surface area (Å²) in [7, 11) is 0. The summed E-state index contributed by atoms with van der Waals surface area (Å²) in [6.45, 7) is 3.87. The number of anilines is 1. The number of oxazole rings is 1. The molecule has 1 N–H and O–H groups in total. The number of carbonyl (C=O) groups is 2. The number of amides is 1. The zero-order valence-corrected chi connectivity index (χ0v) is 19.0. The third kappa shape index (κ3) is 3.24. The number of Topliss-reactive ketones (excluding diaryl/α,β-unsaturated/α-hetero) is 1. The summed E-state index contributed by atoms with van der Waals surface area (Å²) in [5.41, 5.74) is 2.52. The summed E-state index contributed by atoms with van der Waals surface area (Å²) < 4.78 is 26.4. The molecule has 1 aromatic carbocycles. The van der Waals surface area contributed by atoms with Crippen molar-refractivity contribution in [2.45, 2.75) is 33.3 Å². The number of rotatable bonds is 3. The van der Waals surface area contributed by atoms with Crippen LogP contribution in [0.5, 0.6) is 11.8 Å². The molecule has 1 fully saturated rings. The molecule has 10 heteroatoms. The molecule has 170 valence electrons. The predicted molar refractivity (Wildman–Crippen MR) is 119 cm³/mol. The summed E-state index contributed by atoms with van der Waals surface area (Å²) in [6, 6.07) is 7.68. The van der Waals surface area contributed by atoms with E-state index in [9.17, 15) is 9.59 Å². The molecule has 0 bridgehead atoms. The first kappa shape index (κ1) is 20.5. The second-order valence-electron chi connectivity index (χ2n) is 8.23. The molecule has 3 aliphatic rings. The third-order valence-corrected chi connectivity index (χ3v) is 6.84. The highest BCUT2D eigenvalue weighted by Crippen LogP contribution is 2.63. The lowest BCUT2D eigenvalue weighted by molar-refractivity contribution is -0.127. The van der Waals surface area contributed by atoms with E-state index >= 15 is 0 Å². The standard InChI is InChI=1S/C24H17N3O6S/c1-12-5-3-4-6-14(12)11-30-23(29)26-17-13(2)27-34-15(17)7-8-16-25-21-22(31-16)33-20-18(32-21)19(28)24(20)9-10-24/h3-6H,9-11H2,1-2H3,(H,26,29). The average Bonchev–Trinajstić information content (AvgIpc) is 3.48. The number of aryl methyl sites for hydroxylation is 2. The van der Waals surface area contributed by atoms with Crippen LogP contribution in [0.25, 0.3) is 0 Å². The zero-order chi connectivity index (χ0) is 23.4. The minimum absolute atomic E-state index is 0.0473. The number of fused-ring (bicyclic) bond motifs is 2. The van der Waals surface area contributed by atoms with Crippen molar-refractivity contribution in [1.29, 1.82) is 0 Å². The Morgan fingerprint density at radius 2 is 2.06 bits per heavy atom. The Balaban J connectivity index is 1.15. The smallest absolute Gasteiger partial charge is 0.412 e. The van der Waals surface area contributed by atoms with Gasteiger partial charge in [-0.1, -0.05) is 24.3 Å². The van der Waals surface area contributed by atoms with E-state index < -0.39 is 11.5 Å². The molecule has 1 amide bonds. The Morgan fingerprint density at radius 1 is 1.24 bits per heavy atom. The SMILES string of the molecule is Cc1ccccc1COC(=O)Nc1c(C)nsc1C#Cc1nc2c(o1)OC1=C(O2)C(=O)C12CC2. The van der Waals surface area contributed by atoms with Gasteiger partial charge in [-0.25, -0.2) is 4.79 Å².